The van der Waals surface area contributed by atoms with Crippen LogP contribution in [0.15, 0.2) is 29.4 Å². The number of hydrazone groups is 1. The van der Waals surface area contributed by atoms with E-state index in [2.05, 4.69) is 15.3 Å². The third-order valence-corrected chi connectivity index (χ3v) is 2.14. The van der Waals surface area contributed by atoms with Crippen molar-refractivity contribution in [2.75, 3.05) is 18.6 Å². The van der Waals surface area contributed by atoms with Gasteiger partial charge < -0.3 is 9.47 Å². The summed E-state index contributed by atoms with van der Waals surface area (Å²) in [5.74, 6) is -0.284. The van der Waals surface area contributed by atoms with E-state index in [4.69, 9.17) is 21.6 Å². The molecule has 1 rings (SSSR count). The Morgan fingerprint density at radius 3 is 2.95 bits per heavy atom. The van der Waals surface area contributed by atoms with Crippen LogP contribution in [0.3, 0.4) is 0 Å². The van der Waals surface area contributed by atoms with E-state index in [1.54, 1.807) is 31.2 Å². The van der Waals surface area contributed by atoms with Gasteiger partial charge in [0.25, 0.3) is 0 Å². The topological polar surface area (TPSA) is 83.7 Å². The molecule has 0 radical (unpaired) electrons. The molecular weight excluding hydrogens is 270 g/mol. The minimum absolute atomic E-state index is 0.0893. The Kier molecular flexibility index (Phi) is 6.19. The van der Waals surface area contributed by atoms with Gasteiger partial charge in [0.2, 0.25) is 5.17 Å². The molecular formula is C12H12ClN3O3. The van der Waals surface area contributed by atoms with E-state index >= 15 is 0 Å². The Bertz CT molecular complexity index is 511. The predicted octanol–water partition coefficient (Wildman–Crippen LogP) is 2.12. The summed E-state index contributed by atoms with van der Waals surface area (Å²) >= 11 is 5.64. The zero-order chi connectivity index (χ0) is 14.1. The van der Waals surface area contributed by atoms with Crippen LogP contribution in [0, 0.1) is 11.3 Å². The molecule has 0 atom stereocenters. The van der Waals surface area contributed by atoms with Gasteiger partial charge in [-0.05, 0) is 19.1 Å². The molecule has 0 saturated heterocycles. The molecule has 0 bridgehead atoms. The highest BCUT2D eigenvalue weighted by Crippen LogP contribution is 2.23. The average molecular weight is 282 g/mol. The molecule has 19 heavy (non-hydrogen) atoms. The molecule has 1 aromatic rings. The molecule has 0 heterocycles. The van der Waals surface area contributed by atoms with Crippen molar-refractivity contribution in [2.45, 2.75) is 6.92 Å². The SMILES string of the molecule is CCOC(=O)/C(Cl)=N\Nc1ccccc1OCC#N. The summed E-state index contributed by atoms with van der Waals surface area (Å²) in [5, 5.41) is 11.8. The van der Waals surface area contributed by atoms with Gasteiger partial charge in [0.15, 0.2) is 6.61 Å². The van der Waals surface area contributed by atoms with Crippen molar-refractivity contribution in [1.82, 2.24) is 0 Å². The van der Waals surface area contributed by atoms with Crippen molar-refractivity contribution in [3.8, 4) is 11.8 Å². The fourth-order valence-electron chi connectivity index (χ4n) is 1.14. The second kappa shape index (κ2) is 7.95. The van der Waals surface area contributed by atoms with Gasteiger partial charge in [-0.2, -0.15) is 10.4 Å². The number of esters is 1. The van der Waals surface area contributed by atoms with Crippen LogP contribution >= 0.6 is 11.6 Å². The number of ether oxygens (including phenoxy) is 2. The van der Waals surface area contributed by atoms with E-state index in [1.807, 2.05) is 6.07 Å². The van der Waals surface area contributed by atoms with Gasteiger partial charge in [-0.3, -0.25) is 5.43 Å². The number of anilines is 1. The molecule has 0 aromatic heterocycles. The highest BCUT2D eigenvalue weighted by atomic mass is 35.5. The second-order valence-electron chi connectivity index (χ2n) is 3.18. The molecule has 0 amide bonds. The summed E-state index contributed by atoms with van der Waals surface area (Å²) in [6, 6.07) is 8.68. The van der Waals surface area contributed by atoms with Gasteiger partial charge in [0.1, 0.15) is 11.8 Å². The van der Waals surface area contributed by atoms with Crippen LogP contribution < -0.4 is 10.2 Å². The maximum atomic E-state index is 11.2. The number of benzene rings is 1. The summed E-state index contributed by atoms with van der Waals surface area (Å²) in [7, 11) is 0. The van der Waals surface area contributed by atoms with E-state index < -0.39 is 5.97 Å². The van der Waals surface area contributed by atoms with Gasteiger partial charge in [0, 0.05) is 0 Å². The third-order valence-electron chi connectivity index (χ3n) is 1.90. The van der Waals surface area contributed by atoms with E-state index in [0.29, 0.717) is 11.4 Å². The fourth-order valence-corrected chi connectivity index (χ4v) is 1.24. The number of rotatable bonds is 6. The lowest BCUT2D eigenvalue weighted by Crippen LogP contribution is -2.13. The van der Waals surface area contributed by atoms with Gasteiger partial charge >= 0.3 is 5.97 Å². The van der Waals surface area contributed by atoms with Crippen LogP contribution in [0.4, 0.5) is 5.69 Å². The first-order chi connectivity index (χ1) is 9.19. The highest BCUT2D eigenvalue weighted by Gasteiger charge is 2.09. The molecule has 1 N–H and O–H groups in total. The summed E-state index contributed by atoms with van der Waals surface area (Å²) in [5.41, 5.74) is 3.07. The van der Waals surface area contributed by atoms with Crippen molar-refractivity contribution < 1.29 is 14.3 Å². The number of carbonyl (C=O) groups excluding carboxylic acids is 1. The van der Waals surface area contributed by atoms with Gasteiger partial charge in [-0.25, -0.2) is 4.79 Å². The minimum atomic E-state index is -0.716. The average Bonchev–Trinajstić information content (AvgIpc) is 2.43. The number of para-hydroxylation sites is 2. The number of nitrogens with zero attached hydrogens (tertiary/aromatic N) is 2. The molecule has 0 unspecified atom stereocenters. The molecule has 7 heteroatoms. The van der Waals surface area contributed by atoms with Crippen molar-refractivity contribution >= 4 is 28.4 Å². The summed E-state index contributed by atoms with van der Waals surface area (Å²) in [6.45, 7) is 1.79. The monoisotopic (exact) mass is 281 g/mol. The largest absolute Gasteiger partial charge is 0.477 e. The number of nitriles is 1. The van der Waals surface area contributed by atoms with Gasteiger partial charge in [-0.1, -0.05) is 23.7 Å². The number of nitrogens with one attached hydrogen (secondary N) is 1. The quantitative estimate of drug-likeness (QED) is 0.490. The van der Waals surface area contributed by atoms with Crippen molar-refractivity contribution in [3.05, 3.63) is 24.3 Å². The van der Waals surface area contributed by atoms with Crippen LogP contribution in [-0.2, 0) is 9.53 Å². The predicted molar refractivity (Wildman–Crippen MR) is 71.1 cm³/mol. The smallest absolute Gasteiger partial charge is 0.370 e. The molecule has 1 aromatic carbocycles. The zero-order valence-electron chi connectivity index (χ0n) is 10.2. The Balaban J connectivity index is 2.74. The van der Waals surface area contributed by atoms with E-state index in [0.717, 1.165) is 0 Å². The molecule has 0 aliphatic rings. The lowest BCUT2D eigenvalue weighted by Gasteiger charge is -2.08. The standard InChI is InChI=1S/C12H12ClN3O3/c1-2-18-12(17)11(13)16-15-9-5-3-4-6-10(9)19-8-7-14/h3-6,15H,2,8H2,1H3/b16-11+. The molecule has 0 saturated carbocycles. The second-order valence-corrected chi connectivity index (χ2v) is 3.54. The van der Waals surface area contributed by atoms with E-state index in [-0.39, 0.29) is 18.4 Å². The lowest BCUT2D eigenvalue weighted by atomic mass is 10.3. The van der Waals surface area contributed by atoms with Gasteiger partial charge in [0.05, 0.1) is 12.3 Å². The van der Waals surface area contributed by atoms with Crippen LogP contribution in [0.1, 0.15) is 6.92 Å². The molecule has 6 nitrogen and oxygen atoms in total. The third kappa shape index (κ3) is 4.85. The summed E-state index contributed by atoms with van der Waals surface area (Å²) in [4.78, 5) is 11.2. The van der Waals surface area contributed by atoms with E-state index in [9.17, 15) is 4.79 Å². The first-order valence-electron chi connectivity index (χ1n) is 5.44. The summed E-state index contributed by atoms with van der Waals surface area (Å²) < 4.78 is 9.85. The Morgan fingerprint density at radius 2 is 2.26 bits per heavy atom. The van der Waals surface area contributed by atoms with E-state index in [1.165, 1.54) is 0 Å². The molecule has 100 valence electrons. The minimum Gasteiger partial charge on any atom is -0.477 e. The van der Waals surface area contributed by atoms with Crippen LogP contribution in [-0.4, -0.2) is 24.4 Å². The molecule has 0 fully saturated rings. The number of halogens is 1. The molecule has 0 aliphatic heterocycles. The van der Waals surface area contributed by atoms with Crippen molar-refractivity contribution in [1.29, 1.82) is 5.26 Å². The molecule has 0 spiro atoms. The maximum Gasteiger partial charge on any atom is 0.370 e. The van der Waals surface area contributed by atoms with Crippen LogP contribution in [0.5, 0.6) is 5.75 Å². The van der Waals surface area contributed by atoms with Crippen molar-refractivity contribution in [2.24, 2.45) is 5.10 Å². The van der Waals surface area contributed by atoms with Crippen LogP contribution in [0.2, 0.25) is 0 Å². The molecule has 0 aliphatic carbocycles. The lowest BCUT2D eigenvalue weighted by molar-refractivity contribution is -0.134. The number of carbonyl (C=O) groups is 1. The Labute approximate surface area is 115 Å². The number of hydrogen-bond donors (Lipinski definition) is 1. The van der Waals surface area contributed by atoms with Crippen LogP contribution in [0.25, 0.3) is 0 Å². The fraction of sp³-hybridized carbons (Fsp3) is 0.250. The summed E-state index contributed by atoms with van der Waals surface area (Å²) in [6.07, 6.45) is 0. The van der Waals surface area contributed by atoms with Crippen molar-refractivity contribution in [3.63, 3.8) is 0 Å². The normalized spacial score (nSPS) is 10.5. The highest BCUT2D eigenvalue weighted by molar-refractivity contribution is 6.82. The zero-order valence-corrected chi connectivity index (χ0v) is 11.0. The maximum absolute atomic E-state index is 11.2. The first-order valence-corrected chi connectivity index (χ1v) is 5.82. The Hall–Kier alpha value is -2.26. The van der Waals surface area contributed by atoms with Gasteiger partial charge in [-0.15, -0.1) is 0 Å². The Morgan fingerprint density at radius 1 is 1.53 bits per heavy atom. The first kappa shape index (κ1) is 14.8. The number of hydrogen-bond acceptors (Lipinski definition) is 6.